The van der Waals surface area contributed by atoms with Crippen LogP contribution >= 0.6 is 0 Å². The number of aryl methyl sites for hydroxylation is 1. The molecule has 1 amide bonds. The fraction of sp³-hybridized carbons (Fsp3) is 0.118. The number of carbonyl (C=O) groups excluding carboxylic acids is 1. The molecule has 1 N–H and O–H groups in total. The van der Waals surface area contributed by atoms with Crippen LogP contribution in [-0.2, 0) is 6.18 Å². The molecule has 0 unspecified atom stereocenters. The summed E-state index contributed by atoms with van der Waals surface area (Å²) in [6, 6.07) is 6.89. The fourth-order valence-corrected chi connectivity index (χ4v) is 2.04. The van der Waals surface area contributed by atoms with Crippen LogP contribution in [0.25, 0.3) is 0 Å². The van der Waals surface area contributed by atoms with Gasteiger partial charge in [-0.25, -0.2) is 9.97 Å². The van der Waals surface area contributed by atoms with E-state index in [0.29, 0.717) is 5.69 Å². The topological polar surface area (TPSA) is 89.9 Å². The first-order valence-corrected chi connectivity index (χ1v) is 7.59. The van der Waals surface area contributed by atoms with Gasteiger partial charge in [-0.2, -0.15) is 18.2 Å². The summed E-state index contributed by atoms with van der Waals surface area (Å²) in [5.41, 5.74) is -0.150. The van der Waals surface area contributed by atoms with E-state index in [-0.39, 0.29) is 23.1 Å². The molecule has 0 atom stereocenters. The molecule has 0 saturated carbocycles. The van der Waals surface area contributed by atoms with E-state index in [2.05, 4.69) is 25.3 Å². The monoisotopic (exact) mass is 375 g/mol. The van der Waals surface area contributed by atoms with Crippen LogP contribution in [0, 0.1) is 6.92 Å². The van der Waals surface area contributed by atoms with Gasteiger partial charge in [-0.3, -0.25) is 9.78 Å². The lowest BCUT2D eigenvalue weighted by atomic mass is 10.3. The number of hydrogen-bond acceptors (Lipinski definition) is 6. The summed E-state index contributed by atoms with van der Waals surface area (Å²) in [6.45, 7) is 1.75. The van der Waals surface area contributed by atoms with Gasteiger partial charge in [0.2, 0.25) is 5.88 Å². The third-order valence-electron chi connectivity index (χ3n) is 3.22. The van der Waals surface area contributed by atoms with Gasteiger partial charge in [0.15, 0.2) is 5.82 Å². The Labute approximate surface area is 151 Å². The number of nitrogens with zero attached hydrogens (tertiary/aromatic N) is 4. The Bertz CT molecular complexity index is 961. The second-order valence-electron chi connectivity index (χ2n) is 5.34. The molecule has 0 aromatic carbocycles. The molecule has 0 aliphatic rings. The van der Waals surface area contributed by atoms with Gasteiger partial charge in [-0.05, 0) is 31.2 Å². The Morgan fingerprint density at radius 3 is 2.56 bits per heavy atom. The fourth-order valence-electron chi connectivity index (χ4n) is 2.04. The van der Waals surface area contributed by atoms with Gasteiger partial charge in [0, 0.05) is 5.69 Å². The summed E-state index contributed by atoms with van der Waals surface area (Å²) in [5, 5.41) is 2.52. The van der Waals surface area contributed by atoms with E-state index in [1.54, 1.807) is 25.1 Å². The van der Waals surface area contributed by atoms with Gasteiger partial charge >= 0.3 is 6.18 Å². The van der Waals surface area contributed by atoms with Crippen molar-refractivity contribution in [3.8, 4) is 11.6 Å². The smallest absolute Gasteiger partial charge is 0.433 e. The van der Waals surface area contributed by atoms with Crippen LogP contribution < -0.4 is 10.1 Å². The molecular formula is C17H12F3N5O2. The van der Waals surface area contributed by atoms with Crippen molar-refractivity contribution in [1.29, 1.82) is 0 Å². The number of aromatic nitrogens is 4. The van der Waals surface area contributed by atoms with Crippen molar-refractivity contribution in [2.45, 2.75) is 13.1 Å². The van der Waals surface area contributed by atoms with Gasteiger partial charge in [-0.15, -0.1) is 0 Å². The minimum absolute atomic E-state index is 0.0217. The SMILES string of the molecule is Cc1cccc(C(=O)Nc2cncc(Oc3ccc(C(F)(F)F)nc3)n2)n1. The molecule has 27 heavy (non-hydrogen) atoms. The first kappa shape index (κ1) is 18.2. The highest BCUT2D eigenvalue weighted by Gasteiger charge is 2.32. The van der Waals surface area contributed by atoms with E-state index < -0.39 is 17.8 Å². The van der Waals surface area contributed by atoms with E-state index in [1.807, 2.05) is 0 Å². The predicted molar refractivity (Wildman–Crippen MR) is 88.3 cm³/mol. The van der Waals surface area contributed by atoms with Gasteiger partial charge < -0.3 is 10.1 Å². The zero-order valence-electron chi connectivity index (χ0n) is 13.9. The number of halogens is 3. The molecule has 10 heteroatoms. The summed E-state index contributed by atoms with van der Waals surface area (Å²) in [7, 11) is 0. The first-order valence-electron chi connectivity index (χ1n) is 7.59. The average molecular weight is 375 g/mol. The quantitative estimate of drug-likeness (QED) is 0.749. The summed E-state index contributed by atoms with van der Waals surface area (Å²) < 4.78 is 42.9. The average Bonchev–Trinajstić information content (AvgIpc) is 2.62. The van der Waals surface area contributed by atoms with Crippen molar-refractivity contribution < 1.29 is 22.7 Å². The molecule has 0 aliphatic heterocycles. The number of carbonyl (C=O) groups is 1. The molecule has 7 nitrogen and oxygen atoms in total. The van der Waals surface area contributed by atoms with Crippen molar-refractivity contribution in [2.24, 2.45) is 0 Å². The van der Waals surface area contributed by atoms with Crippen molar-refractivity contribution in [3.63, 3.8) is 0 Å². The predicted octanol–water partition coefficient (Wildman–Crippen LogP) is 3.64. The lowest BCUT2D eigenvalue weighted by Gasteiger charge is -2.08. The molecule has 0 spiro atoms. The molecule has 138 valence electrons. The third-order valence-corrected chi connectivity index (χ3v) is 3.22. The molecule has 3 aromatic rings. The van der Waals surface area contributed by atoms with E-state index in [4.69, 9.17) is 4.74 Å². The van der Waals surface area contributed by atoms with Crippen molar-refractivity contribution >= 4 is 11.7 Å². The lowest BCUT2D eigenvalue weighted by Crippen LogP contribution is -2.15. The van der Waals surface area contributed by atoms with E-state index in [9.17, 15) is 18.0 Å². The number of hydrogen-bond donors (Lipinski definition) is 1. The number of rotatable bonds is 4. The zero-order valence-corrected chi connectivity index (χ0v) is 13.9. The zero-order chi connectivity index (χ0) is 19.4. The lowest BCUT2D eigenvalue weighted by molar-refractivity contribution is -0.141. The number of anilines is 1. The second kappa shape index (κ2) is 7.36. The summed E-state index contributed by atoms with van der Waals surface area (Å²) in [6.07, 6.45) is -1.07. The van der Waals surface area contributed by atoms with E-state index >= 15 is 0 Å². The van der Waals surface area contributed by atoms with Crippen molar-refractivity contribution in [1.82, 2.24) is 19.9 Å². The highest BCUT2D eigenvalue weighted by atomic mass is 19.4. The maximum Gasteiger partial charge on any atom is 0.433 e. The molecule has 0 bridgehead atoms. The van der Waals surface area contributed by atoms with Crippen LogP contribution in [-0.4, -0.2) is 25.8 Å². The largest absolute Gasteiger partial charge is 0.436 e. The Balaban J connectivity index is 1.71. The maximum absolute atomic E-state index is 12.5. The van der Waals surface area contributed by atoms with Crippen LogP contribution in [0.5, 0.6) is 11.6 Å². The number of alkyl halides is 3. The van der Waals surface area contributed by atoms with Crippen LogP contribution in [0.3, 0.4) is 0 Å². The Morgan fingerprint density at radius 1 is 1.07 bits per heavy atom. The van der Waals surface area contributed by atoms with E-state index in [1.165, 1.54) is 12.4 Å². The standard InChI is InChI=1S/C17H12F3N5O2/c1-10-3-2-4-12(23-10)16(26)25-14-8-21-9-15(24-14)27-11-5-6-13(22-7-11)17(18,19)20/h2-9H,1H3,(H,24,25,26). The normalized spacial score (nSPS) is 11.1. The molecule has 3 rings (SSSR count). The second-order valence-corrected chi connectivity index (χ2v) is 5.34. The molecule has 3 heterocycles. The Kier molecular flexibility index (Phi) is 4.97. The Hall–Kier alpha value is -3.56. The number of nitrogens with one attached hydrogen (secondary N) is 1. The minimum Gasteiger partial charge on any atom is -0.436 e. The van der Waals surface area contributed by atoms with Crippen LogP contribution in [0.2, 0.25) is 0 Å². The summed E-state index contributed by atoms with van der Waals surface area (Å²) in [4.78, 5) is 27.5. The first-order chi connectivity index (χ1) is 12.8. The van der Waals surface area contributed by atoms with Gasteiger partial charge in [0.1, 0.15) is 17.1 Å². The van der Waals surface area contributed by atoms with Crippen LogP contribution in [0.1, 0.15) is 21.9 Å². The molecule has 0 aliphatic carbocycles. The van der Waals surface area contributed by atoms with E-state index in [0.717, 1.165) is 18.3 Å². The van der Waals surface area contributed by atoms with Gasteiger partial charge in [-0.1, -0.05) is 6.07 Å². The minimum atomic E-state index is -4.54. The van der Waals surface area contributed by atoms with Crippen LogP contribution in [0.4, 0.5) is 19.0 Å². The van der Waals surface area contributed by atoms with Gasteiger partial charge in [0.25, 0.3) is 5.91 Å². The summed E-state index contributed by atoms with van der Waals surface area (Å²) >= 11 is 0. The highest BCUT2D eigenvalue weighted by Crippen LogP contribution is 2.29. The van der Waals surface area contributed by atoms with Gasteiger partial charge in [0.05, 0.1) is 18.6 Å². The molecule has 0 radical (unpaired) electrons. The molecule has 0 fully saturated rings. The number of pyridine rings is 2. The van der Waals surface area contributed by atoms with Crippen molar-refractivity contribution in [3.05, 3.63) is 66.0 Å². The summed E-state index contributed by atoms with van der Waals surface area (Å²) in [5.74, 6) is -0.366. The number of amides is 1. The highest BCUT2D eigenvalue weighted by molar-refractivity contribution is 6.02. The van der Waals surface area contributed by atoms with Crippen LogP contribution in [0.15, 0.2) is 48.9 Å². The maximum atomic E-state index is 12.5. The molecular weight excluding hydrogens is 363 g/mol. The molecule has 3 aromatic heterocycles. The Morgan fingerprint density at radius 2 is 1.89 bits per heavy atom. The third kappa shape index (κ3) is 4.75. The van der Waals surface area contributed by atoms with Crippen molar-refractivity contribution in [2.75, 3.05) is 5.32 Å². The number of ether oxygens (including phenoxy) is 1. The molecule has 0 saturated heterocycles.